The summed E-state index contributed by atoms with van der Waals surface area (Å²) in [6, 6.07) is 7.98. The normalized spacial score (nSPS) is 10.2. The maximum Gasteiger partial charge on any atom is 0.336 e. The molecule has 2 rings (SSSR count). The van der Waals surface area contributed by atoms with Gasteiger partial charge in [0.25, 0.3) is 0 Å². The van der Waals surface area contributed by atoms with Gasteiger partial charge >= 0.3 is 5.97 Å². The van der Waals surface area contributed by atoms with E-state index in [1.807, 2.05) is 0 Å². The number of ketones is 1. The van der Waals surface area contributed by atoms with E-state index in [0.717, 1.165) is 12.1 Å². The number of carboxylic acids is 1. The van der Waals surface area contributed by atoms with Gasteiger partial charge in [-0.2, -0.15) is 0 Å². The van der Waals surface area contributed by atoms with E-state index in [4.69, 9.17) is 5.11 Å². The summed E-state index contributed by atoms with van der Waals surface area (Å²) < 4.78 is 26.3. The van der Waals surface area contributed by atoms with E-state index in [1.165, 1.54) is 24.3 Å². The van der Waals surface area contributed by atoms with Gasteiger partial charge in [0.1, 0.15) is 11.6 Å². The summed E-state index contributed by atoms with van der Waals surface area (Å²) in [5, 5.41) is 8.97. The fourth-order valence-corrected chi connectivity index (χ4v) is 1.69. The molecule has 0 radical (unpaired) electrons. The molecule has 0 amide bonds. The second-order valence-corrected chi connectivity index (χ2v) is 3.80. The van der Waals surface area contributed by atoms with E-state index < -0.39 is 23.4 Å². The first-order valence-electron chi connectivity index (χ1n) is 5.33. The van der Waals surface area contributed by atoms with E-state index in [9.17, 15) is 18.4 Å². The third kappa shape index (κ3) is 2.49. The van der Waals surface area contributed by atoms with E-state index in [0.29, 0.717) is 6.07 Å². The van der Waals surface area contributed by atoms with Crippen molar-refractivity contribution in [3.8, 4) is 0 Å². The quantitative estimate of drug-likeness (QED) is 0.865. The average molecular weight is 262 g/mol. The third-order valence-corrected chi connectivity index (χ3v) is 2.58. The Bertz CT molecular complexity index is 665. The largest absolute Gasteiger partial charge is 0.478 e. The SMILES string of the molecule is O=C(O)c1ccccc1C(=O)c1ccc(F)cc1F. The molecule has 1 N–H and O–H groups in total. The molecule has 0 atom stereocenters. The maximum atomic E-state index is 13.5. The monoisotopic (exact) mass is 262 g/mol. The van der Waals surface area contributed by atoms with Crippen LogP contribution in [0.3, 0.4) is 0 Å². The zero-order chi connectivity index (χ0) is 14.0. The summed E-state index contributed by atoms with van der Waals surface area (Å²) in [5.74, 6) is -3.91. The summed E-state index contributed by atoms with van der Waals surface area (Å²) >= 11 is 0. The van der Waals surface area contributed by atoms with Gasteiger partial charge in [-0.15, -0.1) is 0 Å². The second kappa shape index (κ2) is 4.97. The van der Waals surface area contributed by atoms with Crippen molar-refractivity contribution in [3.05, 3.63) is 70.8 Å². The molecule has 0 unspecified atom stereocenters. The van der Waals surface area contributed by atoms with Gasteiger partial charge in [-0.25, -0.2) is 13.6 Å². The molecule has 96 valence electrons. The van der Waals surface area contributed by atoms with E-state index >= 15 is 0 Å². The molecule has 0 bridgehead atoms. The fourth-order valence-electron chi connectivity index (χ4n) is 1.69. The molecule has 3 nitrogen and oxygen atoms in total. The molecule has 0 spiro atoms. The highest BCUT2D eigenvalue weighted by atomic mass is 19.1. The summed E-state index contributed by atoms with van der Waals surface area (Å²) in [4.78, 5) is 23.1. The Balaban J connectivity index is 2.53. The molecule has 0 saturated carbocycles. The molecule has 0 aliphatic rings. The van der Waals surface area contributed by atoms with Gasteiger partial charge in [-0.1, -0.05) is 18.2 Å². The van der Waals surface area contributed by atoms with Crippen LogP contribution in [0, 0.1) is 11.6 Å². The zero-order valence-corrected chi connectivity index (χ0v) is 9.56. The summed E-state index contributed by atoms with van der Waals surface area (Å²) in [6.45, 7) is 0. The van der Waals surface area contributed by atoms with E-state index in [2.05, 4.69) is 0 Å². The van der Waals surface area contributed by atoms with E-state index in [1.54, 1.807) is 0 Å². The summed E-state index contributed by atoms with van der Waals surface area (Å²) in [5.41, 5.74) is -0.730. The van der Waals surface area contributed by atoms with Crippen LogP contribution in [0.15, 0.2) is 42.5 Å². The molecule has 2 aromatic carbocycles. The number of hydrogen-bond acceptors (Lipinski definition) is 2. The van der Waals surface area contributed by atoms with Gasteiger partial charge in [-0.3, -0.25) is 4.79 Å². The molecule has 0 saturated heterocycles. The lowest BCUT2D eigenvalue weighted by molar-refractivity contribution is 0.0692. The van der Waals surface area contributed by atoms with Crippen LogP contribution in [-0.2, 0) is 0 Å². The van der Waals surface area contributed by atoms with E-state index in [-0.39, 0.29) is 16.7 Å². The van der Waals surface area contributed by atoms with Crippen LogP contribution >= 0.6 is 0 Å². The topological polar surface area (TPSA) is 54.4 Å². The number of carbonyl (C=O) groups excluding carboxylic acids is 1. The van der Waals surface area contributed by atoms with Gasteiger partial charge in [0.2, 0.25) is 0 Å². The Morgan fingerprint density at radius 3 is 2.11 bits per heavy atom. The van der Waals surface area contributed by atoms with Gasteiger partial charge in [0, 0.05) is 11.6 Å². The highest BCUT2D eigenvalue weighted by molar-refractivity contribution is 6.14. The first-order valence-corrected chi connectivity index (χ1v) is 5.33. The van der Waals surface area contributed by atoms with Crippen LogP contribution in [0.25, 0.3) is 0 Å². The van der Waals surface area contributed by atoms with Crippen LogP contribution in [0.2, 0.25) is 0 Å². The number of aromatic carboxylic acids is 1. The Morgan fingerprint density at radius 1 is 0.895 bits per heavy atom. The highest BCUT2D eigenvalue weighted by Crippen LogP contribution is 2.18. The number of carbonyl (C=O) groups is 2. The standard InChI is InChI=1S/C14H8F2O3/c15-8-5-6-11(12(16)7-8)13(17)9-3-1-2-4-10(9)14(18)19/h1-7H,(H,18,19). The van der Waals surface area contributed by atoms with Crippen molar-refractivity contribution in [2.75, 3.05) is 0 Å². The van der Waals surface area contributed by atoms with Gasteiger partial charge in [-0.05, 0) is 18.2 Å². The average Bonchev–Trinajstić information content (AvgIpc) is 2.38. The Labute approximate surface area is 107 Å². The van der Waals surface area contributed by atoms with Crippen LogP contribution in [0.5, 0.6) is 0 Å². The summed E-state index contributed by atoms with van der Waals surface area (Å²) in [7, 11) is 0. The number of carboxylic acid groups (broad SMARTS) is 1. The predicted molar refractivity (Wildman–Crippen MR) is 63.2 cm³/mol. The lowest BCUT2D eigenvalue weighted by atomic mass is 9.98. The molecule has 0 aliphatic heterocycles. The lowest BCUT2D eigenvalue weighted by Gasteiger charge is -2.06. The third-order valence-electron chi connectivity index (χ3n) is 2.58. The molecule has 0 heterocycles. The van der Waals surface area contributed by atoms with Crippen molar-refractivity contribution < 1.29 is 23.5 Å². The number of benzene rings is 2. The van der Waals surface area contributed by atoms with Crippen molar-refractivity contribution in [2.45, 2.75) is 0 Å². The van der Waals surface area contributed by atoms with Crippen LogP contribution in [-0.4, -0.2) is 16.9 Å². The Hall–Kier alpha value is -2.56. The predicted octanol–water partition coefficient (Wildman–Crippen LogP) is 2.89. The molecule has 0 aliphatic carbocycles. The van der Waals surface area contributed by atoms with Crippen LogP contribution in [0.4, 0.5) is 8.78 Å². The summed E-state index contributed by atoms with van der Waals surface area (Å²) in [6.07, 6.45) is 0. The Kier molecular flexibility index (Phi) is 3.37. The molecule has 5 heteroatoms. The molecule has 0 aromatic heterocycles. The number of hydrogen-bond donors (Lipinski definition) is 1. The lowest BCUT2D eigenvalue weighted by Crippen LogP contribution is -2.11. The van der Waals surface area contributed by atoms with Crippen molar-refractivity contribution in [2.24, 2.45) is 0 Å². The first kappa shape index (κ1) is 12.9. The van der Waals surface area contributed by atoms with Crippen molar-refractivity contribution >= 4 is 11.8 Å². The van der Waals surface area contributed by atoms with Gasteiger partial charge < -0.3 is 5.11 Å². The van der Waals surface area contributed by atoms with Crippen molar-refractivity contribution in [3.63, 3.8) is 0 Å². The Morgan fingerprint density at radius 2 is 1.53 bits per heavy atom. The van der Waals surface area contributed by atoms with Crippen LogP contribution in [0.1, 0.15) is 26.3 Å². The number of rotatable bonds is 3. The fraction of sp³-hybridized carbons (Fsp3) is 0. The van der Waals surface area contributed by atoms with Crippen molar-refractivity contribution in [1.29, 1.82) is 0 Å². The first-order chi connectivity index (χ1) is 9.00. The number of halogens is 2. The molecule has 2 aromatic rings. The van der Waals surface area contributed by atoms with Crippen molar-refractivity contribution in [1.82, 2.24) is 0 Å². The minimum absolute atomic E-state index is 0.138. The smallest absolute Gasteiger partial charge is 0.336 e. The van der Waals surface area contributed by atoms with Crippen LogP contribution < -0.4 is 0 Å². The molecular formula is C14H8F2O3. The zero-order valence-electron chi connectivity index (χ0n) is 9.56. The minimum atomic E-state index is -1.29. The molecule has 0 fully saturated rings. The van der Waals surface area contributed by atoms with Gasteiger partial charge in [0.15, 0.2) is 5.78 Å². The highest BCUT2D eigenvalue weighted by Gasteiger charge is 2.20. The van der Waals surface area contributed by atoms with Gasteiger partial charge in [0.05, 0.1) is 11.1 Å². The minimum Gasteiger partial charge on any atom is -0.478 e. The molecule has 19 heavy (non-hydrogen) atoms. The maximum absolute atomic E-state index is 13.5. The second-order valence-electron chi connectivity index (χ2n) is 3.80. The molecular weight excluding hydrogens is 254 g/mol.